The SMILES string of the molecule is Cc1ccc(CN2CCn3ccnc3C2)cn1. The summed E-state index contributed by atoms with van der Waals surface area (Å²) in [4.78, 5) is 11.1. The third-order valence-corrected chi connectivity index (χ3v) is 3.20. The minimum absolute atomic E-state index is 0.931. The van der Waals surface area contributed by atoms with Crippen LogP contribution in [0.5, 0.6) is 0 Å². The van der Waals surface area contributed by atoms with Crippen LogP contribution in [0.1, 0.15) is 17.1 Å². The van der Waals surface area contributed by atoms with Crippen molar-refractivity contribution < 1.29 is 0 Å². The van der Waals surface area contributed by atoms with Crippen molar-refractivity contribution in [3.63, 3.8) is 0 Å². The first-order chi connectivity index (χ1) is 8.31. The molecule has 0 N–H and O–H groups in total. The van der Waals surface area contributed by atoms with E-state index in [-0.39, 0.29) is 0 Å². The third kappa shape index (κ3) is 2.22. The number of aryl methyl sites for hydroxylation is 1. The highest BCUT2D eigenvalue weighted by Gasteiger charge is 2.16. The number of hydrogen-bond acceptors (Lipinski definition) is 3. The highest BCUT2D eigenvalue weighted by atomic mass is 15.2. The molecule has 0 spiro atoms. The van der Waals surface area contributed by atoms with Gasteiger partial charge < -0.3 is 4.57 Å². The monoisotopic (exact) mass is 228 g/mol. The quantitative estimate of drug-likeness (QED) is 0.783. The fourth-order valence-corrected chi connectivity index (χ4v) is 2.21. The van der Waals surface area contributed by atoms with Crippen LogP contribution in [0.2, 0.25) is 0 Å². The first kappa shape index (κ1) is 10.5. The molecular weight excluding hydrogens is 212 g/mol. The van der Waals surface area contributed by atoms with Gasteiger partial charge in [-0.1, -0.05) is 6.07 Å². The molecule has 0 fully saturated rings. The molecule has 0 amide bonds. The number of nitrogens with zero attached hydrogens (tertiary/aromatic N) is 4. The Bertz CT molecular complexity index is 500. The molecule has 88 valence electrons. The molecule has 2 aromatic rings. The maximum Gasteiger partial charge on any atom is 0.122 e. The van der Waals surface area contributed by atoms with E-state index >= 15 is 0 Å². The van der Waals surface area contributed by atoms with E-state index in [0.29, 0.717) is 0 Å². The van der Waals surface area contributed by atoms with Gasteiger partial charge >= 0.3 is 0 Å². The van der Waals surface area contributed by atoms with Gasteiger partial charge in [-0.05, 0) is 18.6 Å². The summed E-state index contributed by atoms with van der Waals surface area (Å²) < 4.78 is 2.23. The van der Waals surface area contributed by atoms with Gasteiger partial charge in [0.2, 0.25) is 0 Å². The fourth-order valence-electron chi connectivity index (χ4n) is 2.21. The molecule has 1 aliphatic rings. The zero-order valence-electron chi connectivity index (χ0n) is 10.0. The van der Waals surface area contributed by atoms with Crippen molar-refractivity contribution in [3.8, 4) is 0 Å². The molecule has 1 aliphatic heterocycles. The van der Waals surface area contributed by atoms with Gasteiger partial charge in [0, 0.05) is 43.9 Å². The lowest BCUT2D eigenvalue weighted by Gasteiger charge is -2.27. The minimum Gasteiger partial charge on any atom is -0.333 e. The van der Waals surface area contributed by atoms with Crippen LogP contribution in [-0.2, 0) is 19.6 Å². The molecule has 4 nitrogen and oxygen atoms in total. The van der Waals surface area contributed by atoms with E-state index in [1.165, 1.54) is 5.56 Å². The van der Waals surface area contributed by atoms with Gasteiger partial charge in [-0.3, -0.25) is 9.88 Å². The summed E-state index contributed by atoms with van der Waals surface area (Å²) in [6.07, 6.45) is 5.91. The summed E-state index contributed by atoms with van der Waals surface area (Å²) in [6.45, 7) is 6.02. The van der Waals surface area contributed by atoms with Crippen LogP contribution in [0, 0.1) is 6.92 Å². The Hall–Kier alpha value is -1.68. The van der Waals surface area contributed by atoms with E-state index in [0.717, 1.165) is 37.7 Å². The van der Waals surface area contributed by atoms with Crippen LogP contribution in [0.4, 0.5) is 0 Å². The summed E-state index contributed by atoms with van der Waals surface area (Å²) in [5, 5.41) is 0. The zero-order chi connectivity index (χ0) is 11.7. The molecule has 2 aromatic heterocycles. The Morgan fingerprint density at radius 3 is 3.00 bits per heavy atom. The van der Waals surface area contributed by atoms with Crippen LogP contribution in [0.3, 0.4) is 0 Å². The molecule has 0 saturated heterocycles. The van der Waals surface area contributed by atoms with Crippen LogP contribution in [-0.4, -0.2) is 26.0 Å². The number of rotatable bonds is 2. The summed E-state index contributed by atoms with van der Waals surface area (Å²) in [6, 6.07) is 4.23. The maximum absolute atomic E-state index is 4.37. The average Bonchev–Trinajstić information content (AvgIpc) is 2.79. The Balaban J connectivity index is 1.69. The highest BCUT2D eigenvalue weighted by Crippen LogP contribution is 2.13. The predicted octanol–water partition coefficient (Wildman–Crippen LogP) is 1.60. The first-order valence-corrected chi connectivity index (χ1v) is 5.95. The molecular formula is C13H16N4. The Morgan fingerprint density at radius 1 is 1.24 bits per heavy atom. The molecule has 0 saturated carbocycles. The second-order valence-corrected chi connectivity index (χ2v) is 4.56. The van der Waals surface area contributed by atoms with Crippen molar-refractivity contribution in [1.82, 2.24) is 19.4 Å². The third-order valence-electron chi connectivity index (χ3n) is 3.20. The van der Waals surface area contributed by atoms with Crippen molar-refractivity contribution in [3.05, 3.63) is 47.8 Å². The summed E-state index contributed by atoms with van der Waals surface area (Å²) in [5.74, 6) is 1.16. The van der Waals surface area contributed by atoms with Gasteiger partial charge in [0.05, 0.1) is 6.54 Å². The van der Waals surface area contributed by atoms with E-state index in [1.54, 1.807) is 0 Å². The van der Waals surface area contributed by atoms with Gasteiger partial charge in [-0.25, -0.2) is 4.98 Å². The largest absolute Gasteiger partial charge is 0.333 e. The molecule has 3 rings (SSSR count). The molecule has 3 heterocycles. The van der Waals surface area contributed by atoms with Crippen molar-refractivity contribution in [2.45, 2.75) is 26.6 Å². The van der Waals surface area contributed by atoms with Gasteiger partial charge in [-0.15, -0.1) is 0 Å². The molecule has 0 aromatic carbocycles. The van der Waals surface area contributed by atoms with E-state index in [9.17, 15) is 0 Å². The standard InChI is InChI=1S/C13H16N4/c1-11-2-3-12(8-15-11)9-16-6-7-17-5-4-14-13(17)10-16/h2-5,8H,6-7,9-10H2,1H3. The second-order valence-electron chi connectivity index (χ2n) is 4.56. The number of fused-ring (bicyclic) bond motifs is 1. The maximum atomic E-state index is 4.37. The lowest BCUT2D eigenvalue weighted by molar-refractivity contribution is 0.208. The molecule has 0 radical (unpaired) electrons. The van der Waals surface area contributed by atoms with Crippen LogP contribution in [0.15, 0.2) is 30.7 Å². The first-order valence-electron chi connectivity index (χ1n) is 5.95. The Kier molecular flexibility index (Phi) is 2.65. The normalized spacial score (nSPS) is 15.8. The number of imidazole rings is 1. The molecule has 0 bridgehead atoms. The molecule has 0 unspecified atom stereocenters. The van der Waals surface area contributed by atoms with Crippen molar-refractivity contribution in [2.24, 2.45) is 0 Å². The highest BCUT2D eigenvalue weighted by molar-refractivity contribution is 5.13. The Morgan fingerprint density at radius 2 is 2.18 bits per heavy atom. The number of aromatic nitrogens is 3. The zero-order valence-corrected chi connectivity index (χ0v) is 10.0. The van der Waals surface area contributed by atoms with Crippen LogP contribution >= 0.6 is 0 Å². The number of pyridine rings is 1. The van der Waals surface area contributed by atoms with Gasteiger partial charge in [-0.2, -0.15) is 0 Å². The summed E-state index contributed by atoms with van der Waals surface area (Å²) >= 11 is 0. The van der Waals surface area contributed by atoms with Crippen LogP contribution < -0.4 is 0 Å². The molecule has 17 heavy (non-hydrogen) atoms. The van der Waals surface area contributed by atoms with Crippen molar-refractivity contribution in [1.29, 1.82) is 0 Å². The minimum atomic E-state index is 0.931. The summed E-state index contributed by atoms with van der Waals surface area (Å²) in [5.41, 5.74) is 2.35. The topological polar surface area (TPSA) is 34.0 Å². The lowest BCUT2D eigenvalue weighted by Crippen LogP contribution is -2.33. The van der Waals surface area contributed by atoms with Gasteiger partial charge in [0.25, 0.3) is 0 Å². The van der Waals surface area contributed by atoms with E-state index in [2.05, 4.69) is 37.8 Å². The van der Waals surface area contributed by atoms with Crippen molar-refractivity contribution in [2.75, 3.05) is 6.54 Å². The van der Waals surface area contributed by atoms with E-state index in [4.69, 9.17) is 0 Å². The van der Waals surface area contributed by atoms with Crippen molar-refractivity contribution >= 4 is 0 Å². The Labute approximate surface area is 101 Å². The van der Waals surface area contributed by atoms with Gasteiger partial charge in [0.1, 0.15) is 5.82 Å². The second kappa shape index (κ2) is 4.30. The lowest BCUT2D eigenvalue weighted by atomic mass is 10.2. The predicted molar refractivity (Wildman–Crippen MR) is 65.3 cm³/mol. The van der Waals surface area contributed by atoms with Gasteiger partial charge in [0.15, 0.2) is 0 Å². The smallest absolute Gasteiger partial charge is 0.122 e. The molecule has 4 heteroatoms. The molecule has 0 aliphatic carbocycles. The summed E-state index contributed by atoms with van der Waals surface area (Å²) in [7, 11) is 0. The average molecular weight is 228 g/mol. The molecule has 0 atom stereocenters. The number of hydrogen-bond donors (Lipinski definition) is 0. The fraction of sp³-hybridized carbons (Fsp3) is 0.385. The van der Waals surface area contributed by atoms with Crippen LogP contribution in [0.25, 0.3) is 0 Å². The van der Waals surface area contributed by atoms with E-state index in [1.807, 2.05) is 19.3 Å². The van der Waals surface area contributed by atoms with E-state index < -0.39 is 0 Å².